The number of fused-ring (bicyclic) bond motifs is 2. The normalized spacial score (nSPS) is 18.7. The van der Waals surface area contributed by atoms with Crippen LogP contribution < -0.4 is 10.9 Å². The molecule has 0 bridgehead atoms. The molecule has 3 aromatic rings. The van der Waals surface area contributed by atoms with E-state index in [-0.39, 0.29) is 11.6 Å². The van der Waals surface area contributed by atoms with E-state index in [1.165, 1.54) is 4.31 Å². The van der Waals surface area contributed by atoms with Crippen LogP contribution in [0.5, 0.6) is 0 Å². The van der Waals surface area contributed by atoms with Gasteiger partial charge in [-0.25, -0.2) is 8.42 Å². The molecule has 0 radical (unpaired) electrons. The molecular formula is C23H26N6O3S. The van der Waals surface area contributed by atoms with E-state index in [4.69, 9.17) is 5.10 Å². The second kappa shape index (κ2) is 7.43. The molecule has 0 amide bonds. The summed E-state index contributed by atoms with van der Waals surface area (Å²) in [7, 11) is -3.55. The van der Waals surface area contributed by atoms with Crippen molar-refractivity contribution in [1.29, 1.82) is 5.26 Å². The third-order valence-electron chi connectivity index (χ3n) is 6.36. The summed E-state index contributed by atoms with van der Waals surface area (Å²) in [5.74, 6) is 0.775. The summed E-state index contributed by atoms with van der Waals surface area (Å²) < 4.78 is 29.2. The predicted octanol–water partition coefficient (Wildman–Crippen LogP) is 3.64. The number of hydrogen-bond donors (Lipinski definition) is 2. The van der Waals surface area contributed by atoms with Gasteiger partial charge in [0.15, 0.2) is 5.82 Å². The van der Waals surface area contributed by atoms with E-state index < -0.39 is 15.6 Å². The van der Waals surface area contributed by atoms with E-state index in [1.807, 2.05) is 20.8 Å². The maximum atomic E-state index is 12.9. The number of rotatable bonds is 5. The maximum Gasteiger partial charge on any atom is 0.261 e. The van der Waals surface area contributed by atoms with Crippen LogP contribution in [0.3, 0.4) is 0 Å². The van der Waals surface area contributed by atoms with Crippen LogP contribution in [0.15, 0.2) is 40.2 Å². The van der Waals surface area contributed by atoms with E-state index in [9.17, 15) is 18.5 Å². The first-order valence-electron chi connectivity index (χ1n) is 11.0. The standard InChI is InChI=1S/C23H26N6O3S/c1-23(2,3)28-13-15-12-16(6-7-19(15)33(28,31)32)26-21-20-18(9-11-25-22(20)30)29(27-21)17(8-10-24)14-4-5-14/h6-7,9,11-12,14,17H,4-5,8,13H2,1-3H3,(H,25,30)(H,26,27). The maximum absolute atomic E-state index is 12.9. The zero-order valence-corrected chi connectivity index (χ0v) is 19.6. The van der Waals surface area contributed by atoms with Gasteiger partial charge in [0.05, 0.1) is 28.9 Å². The number of nitriles is 1. The summed E-state index contributed by atoms with van der Waals surface area (Å²) in [6.07, 6.45) is 4.00. The minimum atomic E-state index is -3.55. The minimum absolute atomic E-state index is 0.0830. The lowest BCUT2D eigenvalue weighted by atomic mass is 10.1. The molecule has 2 aromatic heterocycles. The molecule has 33 heavy (non-hydrogen) atoms. The van der Waals surface area contributed by atoms with Crippen LogP contribution in [-0.2, 0) is 16.6 Å². The Hall–Kier alpha value is -3.16. The highest BCUT2D eigenvalue weighted by atomic mass is 32.2. The molecule has 1 aliphatic carbocycles. The molecule has 1 saturated carbocycles. The largest absolute Gasteiger partial charge is 0.338 e. The Morgan fingerprint density at radius 3 is 2.73 bits per heavy atom. The molecule has 1 aliphatic heterocycles. The Kier molecular flexibility index (Phi) is 4.88. The molecule has 10 heteroatoms. The fourth-order valence-corrected chi connectivity index (χ4v) is 6.55. The number of H-pyrrole nitrogens is 1. The predicted molar refractivity (Wildman–Crippen MR) is 125 cm³/mol. The summed E-state index contributed by atoms with van der Waals surface area (Å²) in [4.78, 5) is 15.7. The molecule has 1 aromatic carbocycles. The highest BCUT2D eigenvalue weighted by Gasteiger charge is 2.41. The van der Waals surface area contributed by atoms with Gasteiger partial charge in [-0.3, -0.25) is 9.48 Å². The zero-order chi connectivity index (χ0) is 23.5. The number of hydrogen-bond acceptors (Lipinski definition) is 6. The number of nitrogens with one attached hydrogen (secondary N) is 2. The number of aromatic nitrogens is 3. The smallest absolute Gasteiger partial charge is 0.261 e. The third kappa shape index (κ3) is 3.61. The molecule has 172 valence electrons. The Balaban J connectivity index is 1.55. The quantitative estimate of drug-likeness (QED) is 0.592. The first-order valence-corrected chi connectivity index (χ1v) is 12.4. The van der Waals surface area contributed by atoms with Gasteiger partial charge in [-0.1, -0.05) is 0 Å². The van der Waals surface area contributed by atoms with Crippen molar-refractivity contribution >= 4 is 32.4 Å². The van der Waals surface area contributed by atoms with Crippen LogP contribution in [0.25, 0.3) is 10.9 Å². The highest BCUT2D eigenvalue weighted by molar-refractivity contribution is 7.89. The monoisotopic (exact) mass is 466 g/mol. The third-order valence-corrected chi connectivity index (χ3v) is 8.58. The number of nitrogens with zero attached hydrogens (tertiary/aromatic N) is 4. The Labute approximate surface area is 192 Å². The number of anilines is 2. The fraction of sp³-hybridized carbons (Fsp3) is 0.435. The zero-order valence-electron chi connectivity index (χ0n) is 18.8. The van der Waals surface area contributed by atoms with Gasteiger partial charge in [0.1, 0.15) is 5.39 Å². The van der Waals surface area contributed by atoms with Gasteiger partial charge in [0.2, 0.25) is 10.0 Å². The van der Waals surface area contributed by atoms with Crippen LogP contribution in [0, 0.1) is 17.2 Å². The molecule has 5 rings (SSSR count). The van der Waals surface area contributed by atoms with Gasteiger partial charge in [-0.2, -0.15) is 14.7 Å². The summed E-state index contributed by atoms with van der Waals surface area (Å²) in [6.45, 7) is 5.91. The topological polar surface area (TPSA) is 124 Å². The molecule has 0 spiro atoms. The van der Waals surface area contributed by atoms with Gasteiger partial charge in [0.25, 0.3) is 5.56 Å². The Morgan fingerprint density at radius 1 is 1.30 bits per heavy atom. The molecule has 2 aliphatic rings. The van der Waals surface area contributed by atoms with Gasteiger partial charge in [-0.15, -0.1) is 0 Å². The second-order valence-corrected chi connectivity index (χ2v) is 11.6. The average Bonchev–Trinajstić information content (AvgIpc) is 3.46. The first-order chi connectivity index (χ1) is 15.6. The van der Waals surface area contributed by atoms with Crippen molar-refractivity contribution in [2.75, 3.05) is 5.32 Å². The molecule has 1 atom stereocenters. The fourth-order valence-electron chi connectivity index (χ4n) is 4.59. The van der Waals surface area contributed by atoms with Gasteiger partial charge < -0.3 is 10.3 Å². The van der Waals surface area contributed by atoms with Gasteiger partial charge in [0, 0.05) is 24.0 Å². The van der Waals surface area contributed by atoms with Crippen LogP contribution >= 0.6 is 0 Å². The second-order valence-electron chi connectivity index (χ2n) is 9.76. The summed E-state index contributed by atoms with van der Waals surface area (Å²) in [5, 5.41) is 17.7. The van der Waals surface area contributed by atoms with E-state index in [0.29, 0.717) is 51.8 Å². The average molecular weight is 467 g/mol. The summed E-state index contributed by atoms with van der Waals surface area (Å²) in [5.41, 5.74) is 1.23. The van der Waals surface area contributed by atoms with Crippen LogP contribution in [0.4, 0.5) is 11.5 Å². The van der Waals surface area contributed by atoms with Crippen molar-refractivity contribution in [3.63, 3.8) is 0 Å². The van der Waals surface area contributed by atoms with Crippen molar-refractivity contribution in [2.45, 2.75) is 63.1 Å². The van der Waals surface area contributed by atoms with E-state index >= 15 is 0 Å². The van der Waals surface area contributed by atoms with Crippen molar-refractivity contribution in [2.24, 2.45) is 5.92 Å². The SMILES string of the molecule is CC(C)(C)N1Cc2cc(Nc3nn(C(CC#N)C4CC4)c4cc[nH]c(=O)c34)ccc2S1(=O)=O. The summed E-state index contributed by atoms with van der Waals surface area (Å²) in [6, 6.07) is 9.06. The van der Waals surface area contributed by atoms with Crippen molar-refractivity contribution in [3.8, 4) is 6.07 Å². The van der Waals surface area contributed by atoms with Gasteiger partial charge >= 0.3 is 0 Å². The number of sulfonamides is 1. The van der Waals surface area contributed by atoms with E-state index in [2.05, 4.69) is 16.4 Å². The molecular weight excluding hydrogens is 440 g/mol. The van der Waals surface area contributed by atoms with E-state index in [1.54, 1.807) is 35.1 Å². The Bertz CT molecular complexity index is 1450. The molecule has 0 saturated heterocycles. The molecule has 3 heterocycles. The summed E-state index contributed by atoms with van der Waals surface area (Å²) >= 11 is 0. The Morgan fingerprint density at radius 2 is 2.06 bits per heavy atom. The highest BCUT2D eigenvalue weighted by Crippen LogP contribution is 2.43. The number of pyridine rings is 1. The van der Waals surface area contributed by atoms with Crippen LogP contribution in [0.2, 0.25) is 0 Å². The molecule has 1 fully saturated rings. The van der Waals surface area contributed by atoms with E-state index in [0.717, 1.165) is 12.8 Å². The lowest BCUT2D eigenvalue weighted by Crippen LogP contribution is -2.41. The van der Waals surface area contributed by atoms with Crippen molar-refractivity contribution in [3.05, 3.63) is 46.4 Å². The lowest BCUT2D eigenvalue weighted by Gasteiger charge is -2.29. The molecule has 9 nitrogen and oxygen atoms in total. The van der Waals surface area contributed by atoms with Crippen LogP contribution in [-0.4, -0.2) is 33.0 Å². The van der Waals surface area contributed by atoms with Crippen molar-refractivity contribution in [1.82, 2.24) is 19.1 Å². The molecule has 1 unspecified atom stereocenters. The molecule has 2 N–H and O–H groups in total. The first kappa shape index (κ1) is 21.7. The van der Waals surface area contributed by atoms with Crippen molar-refractivity contribution < 1.29 is 8.42 Å². The number of aromatic amines is 1. The minimum Gasteiger partial charge on any atom is -0.338 e. The number of benzene rings is 1. The van der Waals surface area contributed by atoms with Crippen LogP contribution in [0.1, 0.15) is 51.6 Å². The lowest BCUT2D eigenvalue weighted by molar-refractivity contribution is 0.252. The van der Waals surface area contributed by atoms with Gasteiger partial charge in [-0.05, 0) is 69.4 Å².